The third-order valence-corrected chi connectivity index (χ3v) is 4.36. The first-order valence-corrected chi connectivity index (χ1v) is 8.19. The van der Waals surface area contributed by atoms with Gasteiger partial charge in [0.25, 0.3) is 0 Å². The molecule has 6 nitrogen and oxygen atoms in total. The lowest BCUT2D eigenvalue weighted by Crippen LogP contribution is -2.42. The smallest absolute Gasteiger partial charge is 0.234 e. The second-order valence-electron chi connectivity index (χ2n) is 6.35. The van der Waals surface area contributed by atoms with E-state index in [-0.39, 0.29) is 11.9 Å². The molecule has 0 bridgehead atoms. The van der Waals surface area contributed by atoms with E-state index in [9.17, 15) is 4.79 Å². The Hall–Kier alpha value is -2.08. The van der Waals surface area contributed by atoms with Crippen molar-refractivity contribution in [3.63, 3.8) is 0 Å². The van der Waals surface area contributed by atoms with E-state index in [1.165, 1.54) is 0 Å². The normalized spacial score (nSPS) is 20.3. The van der Waals surface area contributed by atoms with Gasteiger partial charge in [0.2, 0.25) is 5.91 Å². The molecule has 0 spiro atoms. The zero-order chi connectivity index (χ0) is 16.2. The number of hydrogen-bond donors (Lipinski definition) is 2. The molecule has 6 heteroatoms. The molecule has 0 radical (unpaired) electrons. The van der Waals surface area contributed by atoms with Gasteiger partial charge in [-0.05, 0) is 51.4 Å². The van der Waals surface area contributed by atoms with Gasteiger partial charge in [-0.1, -0.05) is 0 Å². The number of carbonyl (C=O) groups is 1. The minimum atomic E-state index is -0.105. The molecule has 0 saturated carbocycles. The number of H-pyrrole nitrogens is 1. The zero-order valence-electron chi connectivity index (χ0n) is 13.7. The number of aromatic nitrogens is 2. The second kappa shape index (κ2) is 7.00. The van der Waals surface area contributed by atoms with Crippen LogP contribution in [0.5, 0.6) is 0 Å². The molecule has 0 aromatic carbocycles. The van der Waals surface area contributed by atoms with E-state index < -0.39 is 0 Å². The fourth-order valence-electron chi connectivity index (χ4n) is 3.19. The Morgan fingerprint density at radius 2 is 2.48 bits per heavy atom. The molecule has 1 aliphatic heterocycles. The third kappa shape index (κ3) is 4.01. The standard InChI is InChI=1S/C17H24N4O2/c1-12-9-15(20-19-12)14-5-3-7-21(10-14)11-17(22)18-13(2)16-6-4-8-23-16/h4,6,8-9,13-14H,3,5,7,10-11H2,1-2H3,(H,18,22)(H,19,20)/t13-,14+/m0/s1. The van der Waals surface area contributed by atoms with Crippen molar-refractivity contribution in [1.29, 1.82) is 0 Å². The van der Waals surface area contributed by atoms with Gasteiger partial charge in [0.1, 0.15) is 5.76 Å². The summed E-state index contributed by atoms with van der Waals surface area (Å²) in [4.78, 5) is 14.5. The summed E-state index contributed by atoms with van der Waals surface area (Å²) in [5.41, 5.74) is 2.19. The monoisotopic (exact) mass is 316 g/mol. The molecule has 2 atom stereocenters. The van der Waals surface area contributed by atoms with Gasteiger partial charge in [0.05, 0.1) is 24.5 Å². The van der Waals surface area contributed by atoms with Crippen LogP contribution in [0.2, 0.25) is 0 Å². The molecule has 2 aromatic rings. The predicted octanol–water partition coefficient (Wildman–Crippen LogP) is 2.37. The molecule has 1 fully saturated rings. The maximum absolute atomic E-state index is 12.2. The lowest BCUT2D eigenvalue weighted by atomic mass is 9.94. The summed E-state index contributed by atoms with van der Waals surface area (Å²) >= 11 is 0. The van der Waals surface area contributed by atoms with Crippen molar-refractivity contribution in [2.75, 3.05) is 19.6 Å². The quantitative estimate of drug-likeness (QED) is 0.888. The van der Waals surface area contributed by atoms with Gasteiger partial charge in [-0.25, -0.2) is 0 Å². The number of aryl methyl sites for hydroxylation is 1. The summed E-state index contributed by atoms with van der Waals surface area (Å²) in [6.07, 6.45) is 3.85. The summed E-state index contributed by atoms with van der Waals surface area (Å²) in [5, 5.41) is 10.4. The van der Waals surface area contributed by atoms with Gasteiger partial charge in [-0.3, -0.25) is 14.8 Å². The van der Waals surface area contributed by atoms with Gasteiger partial charge < -0.3 is 9.73 Å². The van der Waals surface area contributed by atoms with Crippen LogP contribution in [0.4, 0.5) is 0 Å². The van der Waals surface area contributed by atoms with Crippen LogP contribution in [-0.4, -0.2) is 40.6 Å². The van der Waals surface area contributed by atoms with Crippen LogP contribution < -0.4 is 5.32 Å². The summed E-state index contributed by atoms with van der Waals surface area (Å²) in [7, 11) is 0. The van der Waals surface area contributed by atoms with E-state index in [0.29, 0.717) is 12.5 Å². The number of hydrogen-bond acceptors (Lipinski definition) is 4. The van der Waals surface area contributed by atoms with Crippen molar-refractivity contribution in [3.05, 3.63) is 41.6 Å². The molecular formula is C17H24N4O2. The van der Waals surface area contributed by atoms with Gasteiger partial charge in [0.15, 0.2) is 0 Å². The summed E-state index contributed by atoms with van der Waals surface area (Å²) in [6.45, 7) is 6.21. The molecule has 3 rings (SSSR count). The largest absolute Gasteiger partial charge is 0.467 e. The van der Waals surface area contributed by atoms with E-state index >= 15 is 0 Å². The minimum Gasteiger partial charge on any atom is -0.467 e. The Balaban J connectivity index is 1.52. The fourth-order valence-corrected chi connectivity index (χ4v) is 3.19. The first kappa shape index (κ1) is 15.8. The van der Waals surface area contributed by atoms with Crippen molar-refractivity contribution in [2.45, 2.75) is 38.6 Å². The Morgan fingerprint density at radius 3 is 3.17 bits per heavy atom. The van der Waals surface area contributed by atoms with Crippen LogP contribution in [-0.2, 0) is 4.79 Å². The lowest BCUT2D eigenvalue weighted by molar-refractivity contribution is -0.123. The number of nitrogens with zero attached hydrogens (tertiary/aromatic N) is 2. The van der Waals surface area contributed by atoms with Crippen LogP contribution in [0.15, 0.2) is 28.9 Å². The fraction of sp³-hybridized carbons (Fsp3) is 0.529. The van der Waals surface area contributed by atoms with E-state index in [0.717, 1.165) is 43.1 Å². The second-order valence-corrected chi connectivity index (χ2v) is 6.35. The van der Waals surface area contributed by atoms with Gasteiger partial charge in [0, 0.05) is 18.2 Å². The Labute approximate surface area is 136 Å². The van der Waals surface area contributed by atoms with Crippen molar-refractivity contribution in [2.24, 2.45) is 0 Å². The summed E-state index contributed by atoms with van der Waals surface area (Å²) in [6, 6.07) is 5.71. The molecule has 0 unspecified atom stereocenters. The first-order valence-electron chi connectivity index (χ1n) is 8.19. The van der Waals surface area contributed by atoms with Crippen LogP contribution in [0.3, 0.4) is 0 Å². The van der Waals surface area contributed by atoms with Gasteiger partial charge in [-0.2, -0.15) is 5.10 Å². The molecule has 3 heterocycles. The van der Waals surface area contributed by atoms with Crippen LogP contribution in [0, 0.1) is 6.92 Å². The van der Waals surface area contributed by atoms with E-state index in [1.807, 2.05) is 26.0 Å². The van der Waals surface area contributed by atoms with Crippen LogP contribution in [0.1, 0.15) is 48.9 Å². The summed E-state index contributed by atoms with van der Waals surface area (Å²) in [5.74, 6) is 1.22. The average molecular weight is 316 g/mol. The highest BCUT2D eigenvalue weighted by molar-refractivity contribution is 5.78. The predicted molar refractivity (Wildman–Crippen MR) is 87.0 cm³/mol. The molecule has 1 saturated heterocycles. The topological polar surface area (TPSA) is 74.2 Å². The van der Waals surface area contributed by atoms with E-state index in [4.69, 9.17) is 4.42 Å². The van der Waals surface area contributed by atoms with Gasteiger partial charge in [-0.15, -0.1) is 0 Å². The molecule has 1 aliphatic rings. The molecule has 124 valence electrons. The van der Waals surface area contributed by atoms with E-state index in [2.05, 4.69) is 26.5 Å². The number of carbonyl (C=O) groups excluding carboxylic acids is 1. The average Bonchev–Trinajstić information content (AvgIpc) is 3.18. The Bertz CT molecular complexity index is 635. The van der Waals surface area contributed by atoms with Crippen LogP contribution in [0.25, 0.3) is 0 Å². The highest BCUT2D eigenvalue weighted by Crippen LogP contribution is 2.25. The highest BCUT2D eigenvalue weighted by Gasteiger charge is 2.25. The van der Waals surface area contributed by atoms with Crippen molar-refractivity contribution >= 4 is 5.91 Å². The number of piperidine rings is 1. The van der Waals surface area contributed by atoms with E-state index in [1.54, 1.807) is 6.26 Å². The van der Waals surface area contributed by atoms with Crippen molar-refractivity contribution < 1.29 is 9.21 Å². The molecule has 0 aliphatic carbocycles. The minimum absolute atomic E-state index is 0.0350. The number of likely N-dealkylation sites (tertiary alicyclic amines) is 1. The number of furan rings is 1. The number of aromatic amines is 1. The number of rotatable bonds is 5. The Morgan fingerprint density at radius 1 is 1.61 bits per heavy atom. The molecule has 23 heavy (non-hydrogen) atoms. The molecule has 2 N–H and O–H groups in total. The molecular weight excluding hydrogens is 292 g/mol. The van der Waals surface area contributed by atoms with Gasteiger partial charge >= 0.3 is 0 Å². The highest BCUT2D eigenvalue weighted by atomic mass is 16.3. The molecule has 2 aromatic heterocycles. The van der Waals surface area contributed by atoms with Crippen molar-refractivity contribution in [3.8, 4) is 0 Å². The number of amides is 1. The summed E-state index contributed by atoms with van der Waals surface area (Å²) < 4.78 is 5.32. The maximum Gasteiger partial charge on any atom is 0.234 e. The van der Waals surface area contributed by atoms with Crippen LogP contribution >= 0.6 is 0 Å². The third-order valence-electron chi connectivity index (χ3n) is 4.36. The lowest BCUT2D eigenvalue weighted by Gasteiger charge is -2.31. The number of nitrogens with one attached hydrogen (secondary N) is 2. The van der Waals surface area contributed by atoms with Crippen molar-refractivity contribution in [1.82, 2.24) is 20.4 Å². The zero-order valence-corrected chi connectivity index (χ0v) is 13.7. The SMILES string of the molecule is Cc1cc([C@@H]2CCCN(CC(=O)N[C@@H](C)c3ccco3)C2)n[nH]1. The Kier molecular flexibility index (Phi) is 4.81. The first-order chi connectivity index (χ1) is 11.1. The maximum atomic E-state index is 12.2. The molecule has 1 amide bonds.